The van der Waals surface area contributed by atoms with Crippen LogP contribution in [0.3, 0.4) is 0 Å². The second-order valence-corrected chi connectivity index (χ2v) is 7.78. The number of nitrogens with zero attached hydrogens (tertiary/aromatic N) is 1. The molecule has 2 atom stereocenters. The summed E-state index contributed by atoms with van der Waals surface area (Å²) in [5.41, 5.74) is 0.576. The second-order valence-electron chi connectivity index (χ2n) is 6.82. The van der Waals surface area contributed by atoms with Crippen LogP contribution in [0.25, 0.3) is 0 Å². The number of amidine groups is 1. The fourth-order valence-electron chi connectivity index (χ4n) is 4.11. The smallest absolute Gasteiger partial charge is 0.156 e. The van der Waals surface area contributed by atoms with Gasteiger partial charge < -0.3 is 5.32 Å². The van der Waals surface area contributed by atoms with Crippen molar-refractivity contribution in [2.45, 2.75) is 70.8 Å². The second kappa shape index (κ2) is 6.07. The van der Waals surface area contributed by atoms with Gasteiger partial charge >= 0.3 is 0 Å². The summed E-state index contributed by atoms with van der Waals surface area (Å²) in [6.07, 6.45) is 12.6. The number of aliphatic imine (C=N–C) groups is 1. The molecule has 0 radical (unpaired) electrons. The molecule has 0 aromatic carbocycles. The van der Waals surface area contributed by atoms with Gasteiger partial charge in [0, 0.05) is 18.3 Å². The lowest BCUT2D eigenvalue weighted by Gasteiger charge is -2.36. The first-order valence-electron chi connectivity index (χ1n) is 8.25. The molecule has 1 aliphatic heterocycles. The monoisotopic (exact) mass is 280 g/mol. The van der Waals surface area contributed by atoms with E-state index in [0.717, 1.165) is 12.5 Å². The Morgan fingerprint density at radius 1 is 1.21 bits per heavy atom. The maximum Gasteiger partial charge on any atom is 0.156 e. The first kappa shape index (κ1) is 13.8. The molecule has 0 aromatic rings. The van der Waals surface area contributed by atoms with Crippen LogP contribution in [-0.4, -0.2) is 23.5 Å². The van der Waals surface area contributed by atoms with E-state index in [9.17, 15) is 0 Å². The summed E-state index contributed by atoms with van der Waals surface area (Å²) in [6, 6.07) is 0.697. The molecule has 1 N–H and O–H groups in total. The Labute approximate surface area is 122 Å². The van der Waals surface area contributed by atoms with E-state index in [2.05, 4.69) is 12.2 Å². The van der Waals surface area contributed by atoms with Crippen LogP contribution in [0, 0.1) is 11.3 Å². The van der Waals surface area contributed by atoms with Crippen molar-refractivity contribution in [2.75, 3.05) is 12.3 Å². The maximum atomic E-state index is 4.90. The van der Waals surface area contributed by atoms with E-state index < -0.39 is 0 Å². The van der Waals surface area contributed by atoms with Crippen LogP contribution in [0.4, 0.5) is 0 Å². The van der Waals surface area contributed by atoms with Gasteiger partial charge in [0.25, 0.3) is 0 Å². The molecule has 3 aliphatic rings. The molecule has 0 bridgehead atoms. The van der Waals surface area contributed by atoms with Crippen molar-refractivity contribution >= 4 is 16.9 Å². The summed E-state index contributed by atoms with van der Waals surface area (Å²) in [7, 11) is 0. The third-order valence-corrected chi connectivity index (χ3v) is 6.76. The molecule has 1 spiro atoms. The molecule has 19 heavy (non-hydrogen) atoms. The Bertz CT molecular complexity index is 334. The molecule has 1 heterocycles. The van der Waals surface area contributed by atoms with Gasteiger partial charge in [-0.2, -0.15) is 0 Å². The number of nitrogens with one attached hydrogen (secondary N) is 1. The van der Waals surface area contributed by atoms with Crippen LogP contribution < -0.4 is 5.32 Å². The van der Waals surface area contributed by atoms with Crippen molar-refractivity contribution < 1.29 is 0 Å². The highest BCUT2D eigenvalue weighted by Gasteiger charge is 2.37. The number of thioether (sulfide) groups is 1. The zero-order chi connectivity index (χ0) is 13.1. The highest BCUT2D eigenvalue weighted by Crippen LogP contribution is 2.43. The highest BCUT2D eigenvalue weighted by atomic mass is 32.2. The van der Waals surface area contributed by atoms with Crippen LogP contribution in [0.15, 0.2) is 4.99 Å². The first-order valence-corrected chi connectivity index (χ1v) is 9.24. The van der Waals surface area contributed by atoms with Gasteiger partial charge in [0.15, 0.2) is 5.17 Å². The van der Waals surface area contributed by atoms with Crippen LogP contribution in [0.5, 0.6) is 0 Å². The Morgan fingerprint density at radius 2 is 2.00 bits per heavy atom. The fourth-order valence-corrected chi connectivity index (χ4v) is 5.33. The Hall–Kier alpha value is -0.180. The number of hydrogen-bond donors (Lipinski definition) is 1. The lowest BCUT2D eigenvalue weighted by molar-refractivity contribution is 0.280. The lowest BCUT2D eigenvalue weighted by Crippen LogP contribution is -2.43. The average molecular weight is 280 g/mol. The molecule has 0 aromatic heterocycles. The minimum absolute atomic E-state index is 0.576. The molecule has 2 aliphatic carbocycles. The summed E-state index contributed by atoms with van der Waals surface area (Å²) in [6.45, 7) is 3.43. The van der Waals surface area contributed by atoms with Gasteiger partial charge in [-0.1, -0.05) is 50.8 Å². The van der Waals surface area contributed by atoms with Crippen molar-refractivity contribution in [3.05, 3.63) is 0 Å². The van der Waals surface area contributed by atoms with Crippen molar-refractivity contribution in [1.82, 2.24) is 5.32 Å². The number of rotatable bonds is 2. The minimum Gasteiger partial charge on any atom is -0.362 e. The molecular formula is C16H28N2S. The summed E-state index contributed by atoms with van der Waals surface area (Å²) in [5.74, 6) is 2.18. The Kier molecular flexibility index (Phi) is 4.40. The van der Waals surface area contributed by atoms with E-state index in [1.807, 2.05) is 11.8 Å². The van der Waals surface area contributed by atoms with E-state index in [-0.39, 0.29) is 0 Å². The van der Waals surface area contributed by atoms with Gasteiger partial charge in [-0.25, -0.2) is 0 Å². The van der Waals surface area contributed by atoms with Crippen LogP contribution >= 0.6 is 11.8 Å². The van der Waals surface area contributed by atoms with Gasteiger partial charge in [-0.3, -0.25) is 4.99 Å². The van der Waals surface area contributed by atoms with E-state index >= 15 is 0 Å². The SMILES string of the molecule is CCC1CCCCC1NC1=NCC2(CCCC2)CS1. The van der Waals surface area contributed by atoms with Crippen molar-refractivity contribution in [3.63, 3.8) is 0 Å². The molecule has 2 fully saturated rings. The standard InChI is InChI=1S/C16H28N2S/c1-2-13-7-3-4-8-14(13)18-15-17-11-16(12-19-15)9-5-6-10-16/h13-14H,2-12H2,1H3,(H,17,18). The van der Waals surface area contributed by atoms with Gasteiger partial charge in [-0.15, -0.1) is 0 Å². The minimum atomic E-state index is 0.576. The van der Waals surface area contributed by atoms with Gasteiger partial charge in [0.05, 0.1) is 0 Å². The topological polar surface area (TPSA) is 24.4 Å². The predicted molar refractivity (Wildman–Crippen MR) is 84.8 cm³/mol. The molecule has 2 saturated carbocycles. The summed E-state index contributed by atoms with van der Waals surface area (Å²) in [5, 5.41) is 5.03. The molecule has 2 unspecified atom stereocenters. The first-order chi connectivity index (χ1) is 9.31. The quantitative estimate of drug-likeness (QED) is 0.819. The van der Waals surface area contributed by atoms with E-state index in [0.29, 0.717) is 11.5 Å². The zero-order valence-electron chi connectivity index (χ0n) is 12.3. The molecule has 3 rings (SSSR count). The van der Waals surface area contributed by atoms with E-state index in [4.69, 9.17) is 4.99 Å². The summed E-state index contributed by atoms with van der Waals surface area (Å²) in [4.78, 5) is 4.90. The summed E-state index contributed by atoms with van der Waals surface area (Å²) >= 11 is 2.00. The maximum absolute atomic E-state index is 4.90. The van der Waals surface area contributed by atoms with Gasteiger partial charge in [0.2, 0.25) is 0 Å². The predicted octanol–water partition coefficient (Wildman–Crippen LogP) is 4.21. The fraction of sp³-hybridized carbons (Fsp3) is 0.938. The van der Waals surface area contributed by atoms with Crippen LogP contribution in [-0.2, 0) is 0 Å². The van der Waals surface area contributed by atoms with Crippen molar-refractivity contribution in [1.29, 1.82) is 0 Å². The van der Waals surface area contributed by atoms with E-state index in [1.165, 1.54) is 68.7 Å². The molecule has 108 valence electrons. The highest BCUT2D eigenvalue weighted by molar-refractivity contribution is 8.13. The molecule has 2 nitrogen and oxygen atoms in total. The average Bonchev–Trinajstić information content (AvgIpc) is 2.91. The molecule has 0 saturated heterocycles. The molecular weight excluding hydrogens is 252 g/mol. The van der Waals surface area contributed by atoms with Crippen LogP contribution in [0.2, 0.25) is 0 Å². The molecule has 0 amide bonds. The van der Waals surface area contributed by atoms with Crippen molar-refractivity contribution in [2.24, 2.45) is 16.3 Å². The van der Waals surface area contributed by atoms with Gasteiger partial charge in [0.1, 0.15) is 0 Å². The normalized spacial score (nSPS) is 34.3. The van der Waals surface area contributed by atoms with E-state index in [1.54, 1.807) is 0 Å². The van der Waals surface area contributed by atoms with Crippen molar-refractivity contribution in [3.8, 4) is 0 Å². The largest absolute Gasteiger partial charge is 0.362 e. The molecule has 3 heteroatoms. The Morgan fingerprint density at radius 3 is 2.68 bits per heavy atom. The Balaban J connectivity index is 1.56. The van der Waals surface area contributed by atoms with Gasteiger partial charge in [-0.05, 0) is 37.0 Å². The lowest BCUT2D eigenvalue weighted by atomic mass is 9.83. The third-order valence-electron chi connectivity index (χ3n) is 5.48. The number of hydrogen-bond acceptors (Lipinski definition) is 3. The third kappa shape index (κ3) is 3.12. The van der Waals surface area contributed by atoms with Crippen LogP contribution in [0.1, 0.15) is 64.7 Å². The zero-order valence-corrected chi connectivity index (χ0v) is 13.1. The summed E-state index contributed by atoms with van der Waals surface area (Å²) < 4.78 is 0.